The monoisotopic (exact) mass is 355 g/mol. The maximum absolute atomic E-state index is 12.7. The molecule has 0 saturated carbocycles. The van der Waals surface area contributed by atoms with Gasteiger partial charge in [0.15, 0.2) is 5.03 Å². The van der Waals surface area contributed by atoms with Crippen LogP contribution in [0.3, 0.4) is 0 Å². The minimum Gasteiger partial charge on any atom is -0.379 e. The first kappa shape index (κ1) is 16.4. The van der Waals surface area contributed by atoms with Gasteiger partial charge in [0.25, 0.3) is 5.56 Å². The topological polar surface area (TPSA) is 81.5 Å². The smallest absolute Gasteiger partial charge is 0.283 e. The molecule has 7 nitrogen and oxygen atoms in total. The van der Waals surface area contributed by atoms with E-state index in [0.717, 1.165) is 0 Å². The number of nitrogens with zero attached hydrogens (tertiary/aromatic N) is 3. The molecule has 1 aliphatic rings. The summed E-state index contributed by atoms with van der Waals surface area (Å²) in [6.45, 7) is 1.46. The van der Waals surface area contributed by atoms with Crippen molar-refractivity contribution in [1.29, 1.82) is 0 Å². The maximum atomic E-state index is 12.7. The largest absolute Gasteiger partial charge is 0.379 e. The summed E-state index contributed by atoms with van der Waals surface area (Å²) in [6.07, 6.45) is 1.78. The SMILES string of the molecule is CSc1nc2ccc(S(=O)(=O)N3CCOCC3)cc2n(C)c1=O. The molecular formula is C14H17N3O4S2. The normalized spacial score (nSPS) is 16.8. The van der Waals surface area contributed by atoms with E-state index in [1.165, 1.54) is 32.8 Å². The van der Waals surface area contributed by atoms with Crippen LogP contribution in [0.4, 0.5) is 0 Å². The average molecular weight is 355 g/mol. The standard InChI is InChI=1S/C14H17N3O4S2/c1-16-12-9-10(23(19,20)17-5-7-21-8-6-17)3-4-11(12)15-13(22-2)14(16)18/h3-4,9H,5-8H2,1-2H3. The van der Waals surface area contributed by atoms with Crippen LogP contribution in [-0.2, 0) is 21.8 Å². The molecule has 0 unspecified atom stereocenters. The van der Waals surface area contributed by atoms with Crippen LogP contribution in [0.2, 0.25) is 0 Å². The second-order valence-electron chi connectivity index (χ2n) is 5.15. The first-order valence-corrected chi connectivity index (χ1v) is 9.74. The molecule has 1 aromatic carbocycles. The molecule has 0 atom stereocenters. The molecule has 0 bridgehead atoms. The highest BCUT2D eigenvalue weighted by molar-refractivity contribution is 7.98. The van der Waals surface area contributed by atoms with Gasteiger partial charge in [-0.2, -0.15) is 4.31 Å². The number of sulfonamides is 1. The van der Waals surface area contributed by atoms with E-state index in [0.29, 0.717) is 42.4 Å². The van der Waals surface area contributed by atoms with Crippen LogP contribution in [0.15, 0.2) is 32.9 Å². The number of hydrogen-bond acceptors (Lipinski definition) is 6. The maximum Gasteiger partial charge on any atom is 0.283 e. The van der Waals surface area contributed by atoms with E-state index in [1.54, 1.807) is 19.4 Å². The van der Waals surface area contributed by atoms with Crippen LogP contribution in [0, 0.1) is 0 Å². The van der Waals surface area contributed by atoms with Crippen LogP contribution in [0.1, 0.15) is 0 Å². The van der Waals surface area contributed by atoms with Crippen LogP contribution in [-0.4, -0.2) is 54.8 Å². The minimum absolute atomic E-state index is 0.167. The summed E-state index contributed by atoms with van der Waals surface area (Å²) < 4.78 is 33.5. The van der Waals surface area contributed by atoms with Gasteiger partial charge in [-0.15, -0.1) is 11.8 Å². The molecule has 1 saturated heterocycles. The first-order chi connectivity index (χ1) is 10.9. The highest BCUT2D eigenvalue weighted by atomic mass is 32.2. The molecule has 0 radical (unpaired) electrons. The van der Waals surface area contributed by atoms with Crippen LogP contribution in [0.25, 0.3) is 11.0 Å². The summed E-state index contributed by atoms with van der Waals surface area (Å²) in [5.41, 5.74) is 0.866. The number of hydrogen-bond donors (Lipinski definition) is 0. The minimum atomic E-state index is -3.59. The van der Waals surface area contributed by atoms with Crippen molar-refractivity contribution in [1.82, 2.24) is 13.9 Å². The van der Waals surface area contributed by atoms with E-state index in [9.17, 15) is 13.2 Å². The summed E-state index contributed by atoms with van der Waals surface area (Å²) in [7, 11) is -1.97. The molecule has 0 amide bonds. The zero-order valence-corrected chi connectivity index (χ0v) is 14.5. The molecule has 23 heavy (non-hydrogen) atoms. The van der Waals surface area contributed by atoms with Crippen molar-refractivity contribution in [3.63, 3.8) is 0 Å². The molecule has 1 aliphatic heterocycles. The lowest BCUT2D eigenvalue weighted by molar-refractivity contribution is 0.0730. The molecular weight excluding hydrogens is 338 g/mol. The fourth-order valence-electron chi connectivity index (χ4n) is 2.51. The van der Waals surface area contributed by atoms with Crippen molar-refractivity contribution in [2.24, 2.45) is 7.05 Å². The number of fused-ring (bicyclic) bond motifs is 1. The zero-order chi connectivity index (χ0) is 16.6. The number of rotatable bonds is 3. The van der Waals surface area contributed by atoms with Crippen molar-refractivity contribution >= 4 is 32.8 Å². The molecule has 9 heteroatoms. The van der Waals surface area contributed by atoms with Crippen molar-refractivity contribution in [3.8, 4) is 0 Å². The van der Waals surface area contributed by atoms with E-state index < -0.39 is 10.0 Å². The van der Waals surface area contributed by atoms with Gasteiger partial charge in [0.05, 0.1) is 29.1 Å². The lowest BCUT2D eigenvalue weighted by Gasteiger charge is -2.26. The molecule has 3 rings (SSSR count). The van der Waals surface area contributed by atoms with Crippen molar-refractivity contribution in [3.05, 3.63) is 28.6 Å². The van der Waals surface area contributed by atoms with Gasteiger partial charge >= 0.3 is 0 Å². The Morgan fingerprint density at radius 3 is 2.61 bits per heavy atom. The third kappa shape index (κ3) is 2.89. The number of aromatic nitrogens is 2. The highest BCUT2D eigenvalue weighted by Gasteiger charge is 2.26. The predicted octanol–water partition coefficient (Wildman–Crippen LogP) is 0.676. The van der Waals surface area contributed by atoms with Crippen molar-refractivity contribution < 1.29 is 13.2 Å². The van der Waals surface area contributed by atoms with Crippen LogP contribution >= 0.6 is 11.8 Å². The van der Waals surface area contributed by atoms with Gasteiger partial charge in [-0.05, 0) is 24.5 Å². The summed E-state index contributed by atoms with van der Waals surface area (Å²) in [5.74, 6) is 0. The Balaban J connectivity index is 2.13. The number of aryl methyl sites for hydroxylation is 1. The van der Waals surface area contributed by atoms with Crippen LogP contribution < -0.4 is 5.56 Å². The summed E-state index contributed by atoms with van der Waals surface area (Å²) in [4.78, 5) is 16.6. The lowest BCUT2D eigenvalue weighted by atomic mass is 10.3. The van der Waals surface area contributed by atoms with Gasteiger partial charge in [-0.3, -0.25) is 4.79 Å². The number of ether oxygens (including phenoxy) is 1. The Morgan fingerprint density at radius 1 is 1.26 bits per heavy atom. The molecule has 0 N–H and O–H groups in total. The second-order valence-corrected chi connectivity index (χ2v) is 7.89. The van der Waals surface area contributed by atoms with Gasteiger partial charge in [-0.1, -0.05) is 0 Å². The Bertz CT molecular complexity index is 902. The van der Waals surface area contributed by atoms with Gasteiger partial charge in [0.1, 0.15) is 0 Å². The molecule has 1 aromatic heterocycles. The lowest BCUT2D eigenvalue weighted by Crippen LogP contribution is -2.40. The van der Waals surface area contributed by atoms with Gasteiger partial charge in [-0.25, -0.2) is 13.4 Å². The Kier molecular flexibility index (Phi) is 4.45. The van der Waals surface area contributed by atoms with E-state index in [-0.39, 0.29) is 10.5 Å². The van der Waals surface area contributed by atoms with Gasteiger partial charge in [0, 0.05) is 20.1 Å². The molecule has 2 heterocycles. The van der Waals surface area contributed by atoms with Gasteiger partial charge in [0.2, 0.25) is 10.0 Å². The molecule has 124 valence electrons. The third-order valence-corrected chi connectivity index (χ3v) is 6.37. The molecule has 0 aliphatic carbocycles. The second kappa shape index (κ2) is 6.23. The first-order valence-electron chi connectivity index (χ1n) is 7.08. The molecule has 1 fully saturated rings. The zero-order valence-electron chi connectivity index (χ0n) is 12.9. The van der Waals surface area contributed by atoms with E-state index in [1.807, 2.05) is 0 Å². The Labute approximate surface area is 138 Å². The van der Waals surface area contributed by atoms with Crippen molar-refractivity contribution in [2.75, 3.05) is 32.6 Å². The average Bonchev–Trinajstić information content (AvgIpc) is 2.58. The molecule has 2 aromatic rings. The number of morpholine rings is 1. The highest BCUT2D eigenvalue weighted by Crippen LogP contribution is 2.22. The summed E-state index contributed by atoms with van der Waals surface area (Å²) >= 11 is 1.27. The van der Waals surface area contributed by atoms with E-state index >= 15 is 0 Å². The van der Waals surface area contributed by atoms with Gasteiger partial charge < -0.3 is 9.30 Å². The van der Waals surface area contributed by atoms with E-state index in [2.05, 4.69) is 4.98 Å². The Hall–Kier alpha value is -1.42. The van der Waals surface area contributed by atoms with Crippen molar-refractivity contribution in [2.45, 2.75) is 9.92 Å². The number of benzene rings is 1. The third-order valence-electron chi connectivity index (χ3n) is 3.82. The predicted molar refractivity (Wildman–Crippen MR) is 88.3 cm³/mol. The van der Waals surface area contributed by atoms with Crippen LogP contribution in [0.5, 0.6) is 0 Å². The fourth-order valence-corrected chi connectivity index (χ4v) is 4.44. The summed E-state index contributed by atoms with van der Waals surface area (Å²) in [5, 5.41) is 0.392. The number of thioether (sulfide) groups is 1. The summed E-state index contributed by atoms with van der Waals surface area (Å²) in [6, 6.07) is 4.69. The van der Waals surface area contributed by atoms with E-state index in [4.69, 9.17) is 4.74 Å². The quantitative estimate of drug-likeness (QED) is 0.753. The Morgan fingerprint density at radius 2 is 1.96 bits per heavy atom. The molecule has 0 spiro atoms. The fraction of sp³-hybridized carbons (Fsp3) is 0.429.